The Morgan fingerprint density at radius 3 is 2.63 bits per heavy atom. The van der Waals surface area contributed by atoms with E-state index in [-0.39, 0.29) is 17.6 Å². The van der Waals surface area contributed by atoms with Crippen molar-refractivity contribution in [1.29, 1.82) is 0 Å². The van der Waals surface area contributed by atoms with Crippen LogP contribution < -0.4 is 10.2 Å². The van der Waals surface area contributed by atoms with Crippen LogP contribution in [0.1, 0.15) is 13.8 Å². The number of hydrogen-bond donors (Lipinski definition) is 2. The predicted octanol–water partition coefficient (Wildman–Crippen LogP) is 1.61. The number of amides is 2. The van der Waals surface area contributed by atoms with Crippen LogP contribution in [0.2, 0.25) is 0 Å². The molecule has 1 atom stereocenters. The van der Waals surface area contributed by atoms with Gasteiger partial charge in [-0.25, -0.2) is 4.39 Å². The van der Waals surface area contributed by atoms with Crippen LogP contribution in [-0.4, -0.2) is 30.2 Å². The van der Waals surface area contributed by atoms with E-state index >= 15 is 0 Å². The molecule has 104 valence electrons. The zero-order valence-corrected chi connectivity index (χ0v) is 11.8. The van der Waals surface area contributed by atoms with Crippen LogP contribution in [0.15, 0.2) is 24.3 Å². The van der Waals surface area contributed by atoms with Gasteiger partial charge in [-0.1, -0.05) is 6.07 Å². The number of likely N-dealkylation sites (N-methyl/N-ethyl adjacent to an activating group) is 1. The van der Waals surface area contributed by atoms with Gasteiger partial charge in [-0.3, -0.25) is 9.59 Å². The lowest BCUT2D eigenvalue weighted by Crippen LogP contribution is -2.49. The molecule has 0 fully saturated rings. The number of hydrogen-bond acceptors (Lipinski definition) is 3. The molecule has 6 heteroatoms. The maximum absolute atomic E-state index is 13.2. The summed E-state index contributed by atoms with van der Waals surface area (Å²) in [5.41, 5.74) is 0.463. The first kappa shape index (κ1) is 15.5. The summed E-state index contributed by atoms with van der Waals surface area (Å²) in [7, 11) is 0. The first-order valence-electron chi connectivity index (χ1n) is 5.94. The van der Waals surface area contributed by atoms with E-state index in [1.165, 1.54) is 30.0 Å². The predicted molar refractivity (Wildman–Crippen MR) is 75.9 cm³/mol. The molecule has 0 aliphatic rings. The third kappa shape index (κ3) is 4.24. The highest BCUT2D eigenvalue weighted by Gasteiger charge is 2.24. The molecule has 1 N–H and O–H groups in total. The van der Waals surface area contributed by atoms with E-state index in [9.17, 15) is 14.0 Å². The maximum atomic E-state index is 13.2. The van der Waals surface area contributed by atoms with Gasteiger partial charge in [0.25, 0.3) is 0 Å². The molecule has 1 unspecified atom stereocenters. The largest absolute Gasteiger partial charge is 0.344 e. The van der Waals surface area contributed by atoms with Crippen molar-refractivity contribution in [3.8, 4) is 0 Å². The van der Waals surface area contributed by atoms with Gasteiger partial charge in [0, 0.05) is 24.9 Å². The average molecular weight is 284 g/mol. The molecule has 19 heavy (non-hydrogen) atoms. The Morgan fingerprint density at radius 2 is 2.16 bits per heavy atom. The van der Waals surface area contributed by atoms with Crippen LogP contribution in [0.4, 0.5) is 10.1 Å². The fraction of sp³-hybridized carbons (Fsp3) is 0.385. The Bertz CT molecular complexity index is 468. The van der Waals surface area contributed by atoms with Crippen molar-refractivity contribution >= 4 is 30.1 Å². The smallest absolute Gasteiger partial charge is 0.250 e. The average Bonchev–Trinajstić information content (AvgIpc) is 2.36. The molecular formula is C13H17FN2O2S. The van der Waals surface area contributed by atoms with Gasteiger partial charge < -0.3 is 10.2 Å². The van der Waals surface area contributed by atoms with Gasteiger partial charge in [0.2, 0.25) is 11.8 Å². The number of nitrogens with zero attached hydrogens (tertiary/aromatic N) is 1. The van der Waals surface area contributed by atoms with Gasteiger partial charge in [0.15, 0.2) is 0 Å². The van der Waals surface area contributed by atoms with Crippen LogP contribution >= 0.6 is 12.6 Å². The first-order chi connectivity index (χ1) is 8.99. The number of carbonyl (C=O) groups excluding carboxylic acids is 2. The second-order valence-corrected chi connectivity index (χ2v) is 4.36. The molecule has 0 aliphatic heterocycles. The topological polar surface area (TPSA) is 49.4 Å². The third-order valence-corrected chi connectivity index (χ3v) is 2.93. The van der Waals surface area contributed by atoms with Crippen molar-refractivity contribution in [3.05, 3.63) is 30.1 Å². The number of anilines is 1. The molecule has 0 bridgehead atoms. The summed E-state index contributed by atoms with van der Waals surface area (Å²) >= 11 is 4.06. The molecule has 1 aromatic carbocycles. The summed E-state index contributed by atoms with van der Waals surface area (Å²) in [4.78, 5) is 24.8. The lowest BCUT2D eigenvalue weighted by molar-refractivity contribution is -0.125. The van der Waals surface area contributed by atoms with Gasteiger partial charge >= 0.3 is 0 Å². The van der Waals surface area contributed by atoms with E-state index in [1.54, 1.807) is 13.0 Å². The minimum absolute atomic E-state index is 0.185. The first-order valence-corrected chi connectivity index (χ1v) is 6.57. The fourth-order valence-electron chi connectivity index (χ4n) is 1.73. The van der Waals surface area contributed by atoms with Crippen LogP contribution in [0.5, 0.6) is 0 Å². The van der Waals surface area contributed by atoms with Gasteiger partial charge in [-0.15, -0.1) is 0 Å². The van der Waals surface area contributed by atoms with Crippen molar-refractivity contribution in [2.75, 3.05) is 17.2 Å². The molecule has 0 heterocycles. The Labute approximate surface area is 117 Å². The summed E-state index contributed by atoms with van der Waals surface area (Å²) in [5, 5.41) is 2.53. The standard InChI is InChI=1S/C13H17FN2O2S/c1-3-16(11-6-4-5-10(14)7-11)13(18)12(8-19)15-9(2)17/h4-7,12,19H,3,8H2,1-2H3,(H,15,17). The minimum Gasteiger partial charge on any atom is -0.344 e. The highest BCUT2D eigenvalue weighted by Crippen LogP contribution is 2.16. The van der Waals surface area contributed by atoms with Crippen LogP contribution in [0.25, 0.3) is 0 Å². The summed E-state index contributed by atoms with van der Waals surface area (Å²) in [6.45, 7) is 3.50. The second kappa shape index (κ2) is 7.13. The van der Waals surface area contributed by atoms with Gasteiger partial charge in [-0.05, 0) is 25.1 Å². The number of thiol groups is 1. The van der Waals surface area contributed by atoms with E-state index in [0.717, 1.165) is 0 Å². The van der Waals surface area contributed by atoms with Crippen molar-refractivity contribution < 1.29 is 14.0 Å². The molecule has 1 rings (SSSR count). The summed E-state index contributed by atoms with van der Waals surface area (Å²) < 4.78 is 13.2. The molecule has 0 radical (unpaired) electrons. The lowest BCUT2D eigenvalue weighted by Gasteiger charge is -2.26. The number of nitrogens with one attached hydrogen (secondary N) is 1. The van der Waals surface area contributed by atoms with E-state index in [2.05, 4.69) is 17.9 Å². The number of halogens is 1. The molecule has 0 aliphatic carbocycles. The van der Waals surface area contributed by atoms with Crippen LogP contribution in [-0.2, 0) is 9.59 Å². The van der Waals surface area contributed by atoms with E-state index < -0.39 is 11.9 Å². The van der Waals surface area contributed by atoms with Crippen molar-refractivity contribution in [3.63, 3.8) is 0 Å². The Morgan fingerprint density at radius 1 is 1.47 bits per heavy atom. The zero-order valence-electron chi connectivity index (χ0n) is 10.9. The second-order valence-electron chi connectivity index (χ2n) is 4.00. The Kier molecular flexibility index (Phi) is 5.82. The quantitative estimate of drug-likeness (QED) is 0.807. The highest BCUT2D eigenvalue weighted by atomic mass is 32.1. The van der Waals surface area contributed by atoms with Crippen LogP contribution in [0, 0.1) is 5.82 Å². The minimum atomic E-state index is -0.718. The van der Waals surface area contributed by atoms with E-state index in [4.69, 9.17) is 0 Å². The van der Waals surface area contributed by atoms with Crippen molar-refractivity contribution in [2.45, 2.75) is 19.9 Å². The Balaban J connectivity index is 2.95. The van der Waals surface area contributed by atoms with E-state index in [1.807, 2.05) is 0 Å². The third-order valence-electron chi connectivity index (χ3n) is 2.56. The zero-order chi connectivity index (χ0) is 14.4. The van der Waals surface area contributed by atoms with Gasteiger partial charge in [-0.2, -0.15) is 12.6 Å². The lowest BCUT2D eigenvalue weighted by atomic mass is 10.2. The SMILES string of the molecule is CCN(C(=O)C(CS)NC(C)=O)c1cccc(F)c1. The van der Waals surface area contributed by atoms with E-state index in [0.29, 0.717) is 12.2 Å². The summed E-state index contributed by atoms with van der Waals surface area (Å²) in [6.07, 6.45) is 0. The number of benzene rings is 1. The van der Waals surface area contributed by atoms with Crippen molar-refractivity contribution in [1.82, 2.24) is 5.32 Å². The molecule has 0 aromatic heterocycles. The molecule has 0 spiro atoms. The number of carbonyl (C=O) groups is 2. The summed E-state index contributed by atoms with van der Waals surface area (Å²) in [5.74, 6) is -0.837. The molecule has 4 nitrogen and oxygen atoms in total. The molecular weight excluding hydrogens is 267 g/mol. The van der Waals surface area contributed by atoms with Gasteiger partial charge in [0.05, 0.1) is 0 Å². The monoisotopic (exact) mass is 284 g/mol. The fourth-order valence-corrected chi connectivity index (χ4v) is 1.98. The maximum Gasteiger partial charge on any atom is 0.250 e. The number of rotatable bonds is 5. The van der Waals surface area contributed by atoms with Gasteiger partial charge in [0.1, 0.15) is 11.9 Å². The normalized spacial score (nSPS) is 11.8. The molecule has 2 amide bonds. The molecule has 0 saturated heterocycles. The van der Waals surface area contributed by atoms with Crippen LogP contribution in [0.3, 0.4) is 0 Å². The summed E-state index contributed by atoms with van der Waals surface area (Å²) in [6, 6.07) is 5.06. The molecule has 0 saturated carbocycles. The Hall–Kier alpha value is -1.56. The van der Waals surface area contributed by atoms with Crippen molar-refractivity contribution in [2.24, 2.45) is 0 Å². The highest BCUT2D eigenvalue weighted by molar-refractivity contribution is 7.80. The molecule has 1 aromatic rings.